The summed E-state index contributed by atoms with van der Waals surface area (Å²) in [6.45, 7) is 21.5. The van der Waals surface area contributed by atoms with Crippen LogP contribution >= 0.6 is 0 Å². The molecule has 2 aromatic heterocycles. The van der Waals surface area contributed by atoms with Crippen molar-refractivity contribution in [2.24, 2.45) is 0 Å². The first-order valence-corrected chi connectivity index (χ1v) is 11.9. The van der Waals surface area contributed by atoms with Gasteiger partial charge < -0.3 is 0 Å². The SMILES string of the molecule is [C-]#[N+]C([N+]#[C-])=c1nc2cc3cc4ccc5n/c(=C(\C#N)[N+]#[C-])[se]c5c4cc3cc2[se]1. The van der Waals surface area contributed by atoms with Crippen molar-refractivity contribution in [2.75, 3.05) is 0 Å². The van der Waals surface area contributed by atoms with Crippen LogP contribution in [0.1, 0.15) is 0 Å². The van der Waals surface area contributed by atoms with Crippen molar-refractivity contribution in [2.45, 2.75) is 0 Å². The van der Waals surface area contributed by atoms with Gasteiger partial charge in [0.15, 0.2) is 0 Å². The van der Waals surface area contributed by atoms with Crippen molar-refractivity contribution >= 4 is 81.6 Å². The zero-order chi connectivity index (χ0) is 20.8. The van der Waals surface area contributed by atoms with Crippen molar-refractivity contribution in [1.29, 1.82) is 5.26 Å². The Morgan fingerprint density at radius 1 is 0.833 bits per heavy atom. The van der Waals surface area contributed by atoms with Crippen molar-refractivity contribution < 1.29 is 0 Å². The van der Waals surface area contributed by atoms with E-state index in [0.717, 1.165) is 41.1 Å². The van der Waals surface area contributed by atoms with Gasteiger partial charge in [-0.25, -0.2) is 0 Å². The molecule has 0 bridgehead atoms. The molecule has 0 radical (unpaired) electrons. The third kappa shape index (κ3) is 2.74. The van der Waals surface area contributed by atoms with E-state index in [1.165, 1.54) is 0 Å². The molecule has 0 saturated carbocycles. The van der Waals surface area contributed by atoms with E-state index in [1.54, 1.807) is 0 Å². The fourth-order valence-electron chi connectivity index (χ4n) is 3.32. The molecule has 136 valence electrons. The van der Waals surface area contributed by atoms with Crippen LogP contribution in [-0.4, -0.2) is 39.0 Å². The van der Waals surface area contributed by atoms with Gasteiger partial charge >= 0.3 is 182 Å². The second kappa shape index (κ2) is 6.95. The molecular weight excluding hydrogens is 506 g/mol. The first-order valence-electron chi connectivity index (χ1n) is 8.50. The molecule has 2 heterocycles. The first-order chi connectivity index (χ1) is 14.6. The third-order valence-corrected chi connectivity index (χ3v) is 9.12. The molecule has 3 aromatic carbocycles. The van der Waals surface area contributed by atoms with Gasteiger partial charge in [-0.3, -0.25) is 0 Å². The topological polar surface area (TPSA) is 62.6 Å². The van der Waals surface area contributed by atoms with E-state index in [9.17, 15) is 5.26 Å². The molecular formula is C22H6N6Se2. The Bertz CT molecular complexity index is 1810. The number of rotatable bonds is 0. The van der Waals surface area contributed by atoms with E-state index in [0.29, 0.717) is 8.45 Å². The number of nitriles is 1. The van der Waals surface area contributed by atoms with E-state index in [4.69, 9.17) is 19.7 Å². The van der Waals surface area contributed by atoms with Gasteiger partial charge in [0.25, 0.3) is 0 Å². The third-order valence-electron chi connectivity index (χ3n) is 4.66. The molecule has 6 nitrogen and oxygen atoms in total. The summed E-state index contributed by atoms with van der Waals surface area (Å²) >= 11 is -0.349. The average molecular weight is 512 g/mol. The molecule has 0 unspecified atom stereocenters. The summed E-state index contributed by atoms with van der Waals surface area (Å²) in [5.74, 6) is 0.0509. The fraction of sp³-hybridized carbons (Fsp3) is 0. The van der Waals surface area contributed by atoms with Crippen molar-refractivity contribution in [3.05, 3.63) is 79.1 Å². The van der Waals surface area contributed by atoms with E-state index in [1.807, 2.05) is 24.3 Å². The molecule has 8 heteroatoms. The van der Waals surface area contributed by atoms with Crippen molar-refractivity contribution in [3.63, 3.8) is 0 Å². The van der Waals surface area contributed by atoms with Gasteiger partial charge in [-0.15, -0.1) is 0 Å². The predicted molar refractivity (Wildman–Crippen MR) is 117 cm³/mol. The summed E-state index contributed by atoms with van der Waals surface area (Å²) < 4.78 is 3.33. The Hall–Kier alpha value is -3.74. The van der Waals surface area contributed by atoms with E-state index in [2.05, 4.69) is 42.7 Å². The van der Waals surface area contributed by atoms with Crippen LogP contribution in [0.5, 0.6) is 0 Å². The Morgan fingerprint density at radius 2 is 1.60 bits per heavy atom. The first kappa shape index (κ1) is 18.3. The molecule has 0 amide bonds. The molecule has 0 aliphatic heterocycles. The summed E-state index contributed by atoms with van der Waals surface area (Å²) in [7, 11) is 0. The summed E-state index contributed by atoms with van der Waals surface area (Å²) in [5.41, 5.74) is 1.73. The van der Waals surface area contributed by atoms with Crippen LogP contribution in [0.25, 0.3) is 67.2 Å². The summed E-state index contributed by atoms with van der Waals surface area (Å²) in [4.78, 5) is 19.0. The van der Waals surface area contributed by atoms with Crippen LogP contribution in [0.2, 0.25) is 0 Å². The van der Waals surface area contributed by atoms with Crippen molar-refractivity contribution in [1.82, 2.24) is 9.97 Å². The number of benzene rings is 3. The number of hydrogen-bond donors (Lipinski definition) is 0. The van der Waals surface area contributed by atoms with Gasteiger partial charge in [0.1, 0.15) is 0 Å². The molecule has 5 aromatic rings. The number of fused-ring (bicyclic) bond motifs is 5. The Kier molecular flexibility index (Phi) is 4.24. The van der Waals surface area contributed by atoms with E-state index in [-0.39, 0.29) is 40.5 Å². The molecule has 0 spiro atoms. The summed E-state index contributed by atoms with van der Waals surface area (Å²) in [6, 6.07) is 14.3. The van der Waals surface area contributed by atoms with Gasteiger partial charge in [-0.2, -0.15) is 0 Å². The number of hydrogen-bond acceptors (Lipinski definition) is 3. The second-order valence-electron chi connectivity index (χ2n) is 6.31. The van der Waals surface area contributed by atoms with Gasteiger partial charge in [-0.05, 0) is 0 Å². The Labute approximate surface area is 181 Å². The summed E-state index contributed by atoms with van der Waals surface area (Å²) in [6.07, 6.45) is 0. The fourth-order valence-corrected chi connectivity index (χ4v) is 7.43. The maximum atomic E-state index is 9.19. The van der Waals surface area contributed by atoms with Crippen LogP contribution < -0.4 is 8.45 Å². The molecule has 30 heavy (non-hydrogen) atoms. The molecule has 0 aliphatic rings. The number of nitrogens with zero attached hydrogens (tertiary/aromatic N) is 6. The standard InChI is InChI=1S/C22H6N6Se2/c1-24-17(10-23)21-27-15-5-4-11-6-12-8-16-18(29-22(28-16)20(25-2)26-3)9-13(12)7-14(11)19(15)30-21/h4-9H/b21-17-. The minimum absolute atomic E-state index is 0.0509. The normalized spacial score (nSPS) is 11.7. The maximum absolute atomic E-state index is 9.19. The monoisotopic (exact) mass is 514 g/mol. The zero-order valence-electron chi connectivity index (χ0n) is 15.0. The van der Waals surface area contributed by atoms with E-state index < -0.39 is 0 Å². The van der Waals surface area contributed by atoms with Gasteiger partial charge in [0.2, 0.25) is 0 Å². The van der Waals surface area contributed by atoms with Crippen molar-refractivity contribution in [3.8, 4) is 6.07 Å². The molecule has 5 rings (SSSR count). The van der Waals surface area contributed by atoms with E-state index >= 15 is 0 Å². The minimum atomic E-state index is -0.190. The molecule has 0 aliphatic carbocycles. The van der Waals surface area contributed by atoms with Crippen LogP contribution in [0.3, 0.4) is 0 Å². The zero-order valence-corrected chi connectivity index (χ0v) is 18.4. The average Bonchev–Trinajstić information content (AvgIpc) is 3.36. The molecule has 0 fully saturated rings. The molecule has 0 saturated heterocycles. The predicted octanol–water partition coefficient (Wildman–Crippen LogP) is 2.66. The molecule has 0 atom stereocenters. The van der Waals surface area contributed by atoms with Gasteiger partial charge in [-0.1, -0.05) is 0 Å². The quantitative estimate of drug-likeness (QED) is 0.182. The molecule has 0 N–H and O–H groups in total. The van der Waals surface area contributed by atoms with Gasteiger partial charge in [0, 0.05) is 0 Å². The number of aromatic nitrogens is 2. The van der Waals surface area contributed by atoms with Gasteiger partial charge in [0.05, 0.1) is 0 Å². The van der Waals surface area contributed by atoms with Crippen LogP contribution in [0, 0.1) is 31.0 Å². The van der Waals surface area contributed by atoms with Crippen LogP contribution in [-0.2, 0) is 0 Å². The Morgan fingerprint density at radius 3 is 2.33 bits per heavy atom. The van der Waals surface area contributed by atoms with Crippen LogP contribution in [0.4, 0.5) is 0 Å². The van der Waals surface area contributed by atoms with Crippen LogP contribution in [0.15, 0.2) is 36.4 Å². The second-order valence-corrected chi connectivity index (χ2v) is 10.6. The Balaban J connectivity index is 1.87. The summed E-state index contributed by atoms with van der Waals surface area (Å²) in [5, 5.41) is 13.5.